The third-order valence-corrected chi connectivity index (χ3v) is 4.91. The molecule has 1 saturated heterocycles. The summed E-state index contributed by atoms with van der Waals surface area (Å²) in [5.41, 5.74) is 4.22. The van der Waals surface area contributed by atoms with E-state index in [0.29, 0.717) is 13.2 Å². The molecule has 3 unspecified atom stereocenters. The predicted octanol–water partition coefficient (Wildman–Crippen LogP) is 4.67. The molecule has 142 valence electrons. The molecule has 0 radical (unpaired) electrons. The zero-order valence-electron chi connectivity index (χ0n) is 15.7. The second kappa shape index (κ2) is 8.93. The highest BCUT2D eigenvalue weighted by Crippen LogP contribution is 2.35. The van der Waals surface area contributed by atoms with Gasteiger partial charge in [0, 0.05) is 18.3 Å². The summed E-state index contributed by atoms with van der Waals surface area (Å²) in [4.78, 5) is 4.39. The largest absolute Gasteiger partial charge is 0.347 e. The molecule has 1 aromatic heterocycles. The normalized spacial score (nSPS) is 21.9. The van der Waals surface area contributed by atoms with E-state index in [0.717, 1.165) is 22.4 Å². The van der Waals surface area contributed by atoms with Crippen molar-refractivity contribution in [2.24, 2.45) is 0 Å². The van der Waals surface area contributed by atoms with Gasteiger partial charge in [0.2, 0.25) is 0 Å². The van der Waals surface area contributed by atoms with Crippen LogP contribution in [0.25, 0.3) is 6.08 Å². The van der Waals surface area contributed by atoms with Crippen LogP contribution < -0.4 is 5.32 Å². The minimum absolute atomic E-state index is 0.0353. The highest BCUT2D eigenvalue weighted by Gasteiger charge is 2.33. The van der Waals surface area contributed by atoms with E-state index in [1.54, 1.807) is 0 Å². The lowest BCUT2D eigenvalue weighted by Crippen LogP contribution is -2.44. The Balaban J connectivity index is 1.51. The number of aromatic nitrogens is 1. The van der Waals surface area contributed by atoms with E-state index < -0.39 is 6.29 Å². The summed E-state index contributed by atoms with van der Waals surface area (Å²) in [6.07, 6.45) is 3.14. The molecule has 1 aliphatic heterocycles. The molecule has 0 aliphatic carbocycles. The van der Waals surface area contributed by atoms with Crippen LogP contribution in [-0.2, 0) is 16.0 Å². The van der Waals surface area contributed by atoms with Crippen molar-refractivity contribution in [3.8, 4) is 0 Å². The molecule has 4 rings (SSSR count). The number of nitrogens with zero attached hydrogens (tertiary/aromatic N) is 1. The number of hydrogen-bond donors (Lipinski definition) is 1. The number of pyridine rings is 1. The fourth-order valence-electron chi connectivity index (χ4n) is 3.37. The highest BCUT2D eigenvalue weighted by molar-refractivity contribution is 5.47. The van der Waals surface area contributed by atoms with Crippen LogP contribution in [-0.4, -0.2) is 17.6 Å². The molecule has 2 heterocycles. The average Bonchev–Trinajstić information content (AvgIpc) is 2.79. The Morgan fingerprint density at radius 2 is 1.75 bits per heavy atom. The van der Waals surface area contributed by atoms with Gasteiger partial charge in [-0.3, -0.25) is 4.98 Å². The second-order valence-electron chi connectivity index (χ2n) is 6.81. The topological polar surface area (TPSA) is 43.4 Å². The van der Waals surface area contributed by atoms with Crippen LogP contribution in [0, 0.1) is 0 Å². The van der Waals surface area contributed by atoms with Crippen LogP contribution in [0.15, 0.2) is 85.6 Å². The van der Waals surface area contributed by atoms with Gasteiger partial charge < -0.3 is 14.8 Å². The first kappa shape index (κ1) is 18.6. The molecule has 1 aliphatic rings. The molecule has 28 heavy (non-hydrogen) atoms. The van der Waals surface area contributed by atoms with E-state index in [4.69, 9.17) is 9.47 Å². The fraction of sp³-hybridized carbons (Fsp3) is 0.208. The van der Waals surface area contributed by atoms with Gasteiger partial charge in [-0.25, -0.2) is 0 Å². The molecule has 0 bridgehead atoms. The van der Waals surface area contributed by atoms with Gasteiger partial charge in [0.15, 0.2) is 6.29 Å². The lowest BCUT2D eigenvalue weighted by atomic mass is 10.0. The molecule has 4 nitrogen and oxygen atoms in total. The fourth-order valence-corrected chi connectivity index (χ4v) is 3.37. The zero-order chi connectivity index (χ0) is 19.2. The van der Waals surface area contributed by atoms with Crippen LogP contribution >= 0.6 is 0 Å². The van der Waals surface area contributed by atoms with Crippen molar-refractivity contribution >= 4 is 6.08 Å². The number of ether oxygens (including phenoxy) is 2. The van der Waals surface area contributed by atoms with Crippen molar-refractivity contribution in [3.63, 3.8) is 0 Å². The van der Waals surface area contributed by atoms with Crippen molar-refractivity contribution in [2.75, 3.05) is 6.61 Å². The molecule has 2 aromatic carbocycles. The van der Waals surface area contributed by atoms with Crippen molar-refractivity contribution in [3.05, 3.63) is 108 Å². The first-order valence-corrected chi connectivity index (χ1v) is 9.51. The molecule has 1 N–H and O–H groups in total. The van der Waals surface area contributed by atoms with E-state index in [2.05, 4.69) is 29.0 Å². The Morgan fingerprint density at radius 3 is 2.46 bits per heavy atom. The minimum atomic E-state index is -0.392. The molecular weight excluding hydrogens is 348 g/mol. The van der Waals surface area contributed by atoms with Gasteiger partial charge in [-0.1, -0.05) is 73.3 Å². The summed E-state index contributed by atoms with van der Waals surface area (Å²) in [5.74, 6) is 0. The van der Waals surface area contributed by atoms with E-state index in [1.807, 2.05) is 72.9 Å². The first-order valence-electron chi connectivity index (χ1n) is 9.51. The van der Waals surface area contributed by atoms with Crippen molar-refractivity contribution in [2.45, 2.75) is 25.0 Å². The monoisotopic (exact) mass is 372 g/mol. The maximum atomic E-state index is 6.40. The van der Waals surface area contributed by atoms with E-state index in [1.165, 1.54) is 0 Å². The first-order chi connectivity index (χ1) is 13.8. The summed E-state index contributed by atoms with van der Waals surface area (Å²) in [6, 6.07) is 24.4. The van der Waals surface area contributed by atoms with Gasteiger partial charge in [0.05, 0.1) is 18.3 Å². The number of hydrogen-bond acceptors (Lipinski definition) is 4. The third kappa shape index (κ3) is 4.37. The molecule has 1 fully saturated rings. The Kier molecular flexibility index (Phi) is 5.92. The van der Waals surface area contributed by atoms with Gasteiger partial charge in [-0.15, -0.1) is 0 Å². The quantitative estimate of drug-likeness (QED) is 0.683. The van der Waals surface area contributed by atoms with Crippen LogP contribution in [0.1, 0.15) is 34.8 Å². The highest BCUT2D eigenvalue weighted by atomic mass is 16.7. The SMILES string of the molecule is C=Cc1ccc(C2OCC(NCc3ccccn3)C(c3ccccc3)O2)cc1. The van der Waals surface area contributed by atoms with Gasteiger partial charge in [0.1, 0.15) is 6.10 Å². The zero-order valence-corrected chi connectivity index (χ0v) is 15.7. The third-order valence-electron chi connectivity index (χ3n) is 4.91. The van der Waals surface area contributed by atoms with Crippen molar-refractivity contribution in [1.82, 2.24) is 10.3 Å². The molecule has 0 amide bonds. The number of benzene rings is 2. The van der Waals surface area contributed by atoms with Crippen LogP contribution in [0.5, 0.6) is 0 Å². The maximum Gasteiger partial charge on any atom is 0.184 e. The summed E-state index contributed by atoms with van der Waals surface area (Å²) >= 11 is 0. The van der Waals surface area contributed by atoms with E-state index >= 15 is 0 Å². The van der Waals surface area contributed by atoms with Gasteiger partial charge in [0.25, 0.3) is 0 Å². The van der Waals surface area contributed by atoms with Crippen LogP contribution in [0.4, 0.5) is 0 Å². The van der Waals surface area contributed by atoms with Crippen molar-refractivity contribution < 1.29 is 9.47 Å². The van der Waals surface area contributed by atoms with Gasteiger partial charge in [-0.2, -0.15) is 0 Å². The van der Waals surface area contributed by atoms with Gasteiger partial charge in [-0.05, 0) is 23.3 Å². The summed E-state index contributed by atoms with van der Waals surface area (Å²) < 4.78 is 12.5. The molecule has 3 atom stereocenters. The van der Waals surface area contributed by atoms with Crippen LogP contribution in [0.2, 0.25) is 0 Å². The summed E-state index contributed by atoms with van der Waals surface area (Å²) in [7, 11) is 0. The number of rotatable bonds is 6. The molecule has 3 aromatic rings. The smallest absolute Gasteiger partial charge is 0.184 e. The van der Waals surface area contributed by atoms with Crippen LogP contribution in [0.3, 0.4) is 0 Å². The molecular formula is C24H24N2O2. The Labute approximate surface area is 165 Å². The summed E-state index contributed by atoms with van der Waals surface area (Å²) in [6.45, 7) is 5.03. The Hall–Kier alpha value is -2.79. The maximum absolute atomic E-state index is 6.40. The Morgan fingerprint density at radius 1 is 0.964 bits per heavy atom. The predicted molar refractivity (Wildman–Crippen MR) is 110 cm³/mol. The second-order valence-corrected chi connectivity index (χ2v) is 6.81. The molecule has 0 saturated carbocycles. The van der Waals surface area contributed by atoms with Crippen molar-refractivity contribution in [1.29, 1.82) is 0 Å². The minimum Gasteiger partial charge on any atom is -0.347 e. The standard InChI is InChI=1S/C24H24N2O2/c1-2-18-11-13-20(14-12-18)24-27-17-22(26-16-21-10-6-7-15-25-21)23(28-24)19-8-4-3-5-9-19/h2-15,22-24,26H,1,16-17H2. The Bertz CT molecular complexity index is 881. The van der Waals surface area contributed by atoms with E-state index in [9.17, 15) is 0 Å². The average molecular weight is 372 g/mol. The molecule has 4 heteroatoms. The number of nitrogens with one attached hydrogen (secondary N) is 1. The van der Waals surface area contributed by atoms with E-state index in [-0.39, 0.29) is 12.1 Å². The van der Waals surface area contributed by atoms with Gasteiger partial charge >= 0.3 is 0 Å². The lowest BCUT2D eigenvalue weighted by Gasteiger charge is -2.37. The molecule has 0 spiro atoms. The lowest BCUT2D eigenvalue weighted by molar-refractivity contribution is -0.232. The summed E-state index contributed by atoms with van der Waals surface area (Å²) in [5, 5.41) is 3.55.